The molecule has 0 unspecified atom stereocenters. The number of aromatic nitrogens is 5. The van der Waals surface area contributed by atoms with Crippen molar-refractivity contribution in [2.45, 2.75) is 75.4 Å². The number of nitrogens with zero attached hydrogens (tertiary/aromatic N) is 5. The number of nitrogens with one attached hydrogen (secondary N) is 2. The molecule has 0 radical (unpaired) electrons. The van der Waals surface area contributed by atoms with Crippen molar-refractivity contribution in [3.8, 4) is 0 Å². The molecule has 0 spiro atoms. The summed E-state index contributed by atoms with van der Waals surface area (Å²) >= 11 is 1.61. The number of aliphatic hydroxyl groups excluding tert-OH is 2. The van der Waals surface area contributed by atoms with Gasteiger partial charge in [-0.1, -0.05) is 23.9 Å². The Bertz CT molecular complexity index is 860. The van der Waals surface area contributed by atoms with Crippen LogP contribution in [0.5, 0.6) is 0 Å². The maximum atomic E-state index is 10.2. The third-order valence-corrected chi connectivity index (χ3v) is 5.90. The number of carboxylic acid groups (broad SMARTS) is 1. The average Bonchev–Trinajstić information content (AvgIpc) is 3.34. The van der Waals surface area contributed by atoms with Crippen LogP contribution in [0.1, 0.15) is 52.0 Å². The second kappa shape index (κ2) is 10.2. The number of anilines is 1. The Hall–Kier alpha value is -2.18. The third kappa shape index (κ3) is 5.49. The second-order valence-corrected chi connectivity index (χ2v) is 8.43. The van der Waals surface area contributed by atoms with Crippen LogP contribution in [0.25, 0.3) is 11.2 Å². The van der Waals surface area contributed by atoms with Crippen LogP contribution in [0, 0.1) is 0 Å². The zero-order valence-electron chi connectivity index (χ0n) is 17.2. The lowest BCUT2D eigenvalue weighted by Crippen LogP contribution is -2.28. The summed E-state index contributed by atoms with van der Waals surface area (Å²) in [5.74, 6) is 1.67. The fourth-order valence-electron chi connectivity index (χ4n) is 3.17. The van der Waals surface area contributed by atoms with Gasteiger partial charge in [0.1, 0.15) is 6.10 Å². The van der Waals surface area contributed by atoms with Crippen LogP contribution in [0.15, 0.2) is 5.16 Å². The summed E-state index contributed by atoms with van der Waals surface area (Å²) in [6, 6.07) is 0.161. The Morgan fingerprint density at radius 2 is 1.97 bits per heavy atom. The van der Waals surface area contributed by atoms with Gasteiger partial charge in [-0.2, -0.15) is 0 Å². The van der Waals surface area contributed by atoms with Gasteiger partial charge in [-0.3, -0.25) is 0 Å². The fourth-order valence-corrected chi connectivity index (χ4v) is 3.86. The van der Waals surface area contributed by atoms with Crippen molar-refractivity contribution in [1.29, 1.82) is 0 Å². The van der Waals surface area contributed by atoms with Gasteiger partial charge in [0.25, 0.3) is 0 Å². The molecular weight excluding hydrogens is 410 g/mol. The molecule has 0 bridgehead atoms. The quantitative estimate of drug-likeness (QED) is 0.317. The summed E-state index contributed by atoms with van der Waals surface area (Å²) in [7, 11) is 0. The number of rotatable bonds is 7. The predicted octanol–water partition coefficient (Wildman–Crippen LogP) is 1.63. The fraction of sp³-hybridized carbons (Fsp3) is 0.722. The highest BCUT2D eigenvalue weighted by atomic mass is 32.2. The number of aliphatic hydroxyl groups is 2. The largest absolute Gasteiger partial charge is 0.465 e. The highest BCUT2D eigenvalue weighted by Crippen LogP contribution is 2.34. The van der Waals surface area contributed by atoms with E-state index in [0.717, 1.165) is 30.8 Å². The van der Waals surface area contributed by atoms with E-state index in [0.29, 0.717) is 41.7 Å². The number of thioether (sulfide) groups is 1. The van der Waals surface area contributed by atoms with E-state index in [1.54, 1.807) is 23.4 Å². The summed E-state index contributed by atoms with van der Waals surface area (Å²) in [5, 5.41) is 42.5. The van der Waals surface area contributed by atoms with E-state index < -0.39 is 18.3 Å². The normalized spacial score (nSPS) is 23.1. The molecule has 2 aromatic rings. The zero-order chi connectivity index (χ0) is 21.7. The van der Waals surface area contributed by atoms with E-state index in [9.17, 15) is 15.0 Å². The van der Waals surface area contributed by atoms with E-state index >= 15 is 0 Å². The maximum Gasteiger partial charge on any atom is 0.404 e. The van der Waals surface area contributed by atoms with Crippen molar-refractivity contribution in [3.63, 3.8) is 0 Å². The highest BCUT2D eigenvalue weighted by Gasteiger charge is 2.37. The van der Waals surface area contributed by atoms with Crippen molar-refractivity contribution >= 4 is 34.8 Å². The van der Waals surface area contributed by atoms with Crippen molar-refractivity contribution < 1.29 is 20.1 Å². The first-order valence-electron chi connectivity index (χ1n) is 10.3. The Balaban J connectivity index is 0.000000377. The summed E-state index contributed by atoms with van der Waals surface area (Å²) in [6.45, 7) is 4.33. The molecule has 166 valence electrons. The van der Waals surface area contributed by atoms with Crippen LogP contribution in [0.4, 0.5) is 10.6 Å². The first kappa shape index (κ1) is 22.5. The molecule has 2 heterocycles. The molecule has 2 fully saturated rings. The Labute approximate surface area is 178 Å². The molecule has 2 saturated carbocycles. The van der Waals surface area contributed by atoms with E-state index in [1.165, 1.54) is 0 Å². The Morgan fingerprint density at radius 1 is 1.20 bits per heavy atom. The third-order valence-electron chi connectivity index (χ3n) is 4.85. The molecule has 3 atom stereocenters. The van der Waals surface area contributed by atoms with Crippen molar-refractivity contribution in [1.82, 2.24) is 30.3 Å². The van der Waals surface area contributed by atoms with Gasteiger partial charge in [0.2, 0.25) is 0 Å². The molecule has 5 N–H and O–H groups in total. The molecule has 2 aliphatic carbocycles. The first-order valence-corrected chi connectivity index (χ1v) is 11.3. The topological polar surface area (TPSA) is 158 Å². The van der Waals surface area contributed by atoms with Crippen LogP contribution in [-0.2, 0) is 0 Å². The van der Waals surface area contributed by atoms with Gasteiger partial charge in [-0.05, 0) is 39.0 Å². The Kier molecular flexibility index (Phi) is 7.67. The van der Waals surface area contributed by atoms with Crippen molar-refractivity contribution in [2.24, 2.45) is 0 Å². The zero-order valence-corrected chi connectivity index (χ0v) is 18.0. The summed E-state index contributed by atoms with van der Waals surface area (Å²) < 4.78 is 1.66. The lowest BCUT2D eigenvalue weighted by atomic mass is 10.2. The number of fused-ring (bicyclic) bond motifs is 1. The number of hydrogen-bond donors (Lipinski definition) is 5. The van der Waals surface area contributed by atoms with Gasteiger partial charge in [0.05, 0.1) is 12.1 Å². The SMILES string of the molecule is CCCSc1nc(NC2CC2)c2nnn([C@@H]3CC[C@@H](O)[C@H]3O)c2n1.CCNC(=O)O. The van der Waals surface area contributed by atoms with Crippen LogP contribution < -0.4 is 10.6 Å². The van der Waals surface area contributed by atoms with Gasteiger partial charge < -0.3 is 26.0 Å². The molecule has 2 aromatic heterocycles. The van der Waals surface area contributed by atoms with Gasteiger partial charge in [-0.15, -0.1) is 5.10 Å². The van der Waals surface area contributed by atoms with Crippen molar-refractivity contribution in [2.75, 3.05) is 17.6 Å². The number of hydrogen-bond acceptors (Lipinski definition) is 9. The van der Waals surface area contributed by atoms with E-state index in [-0.39, 0.29) is 6.04 Å². The van der Waals surface area contributed by atoms with Gasteiger partial charge >= 0.3 is 6.09 Å². The second-order valence-electron chi connectivity index (χ2n) is 7.37. The minimum absolute atomic E-state index is 0.294. The minimum Gasteiger partial charge on any atom is -0.465 e. The average molecular weight is 440 g/mol. The molecule has 1 amide bonds. The smallest absolute Gasteiger partial charge is 0.404 e. The molecular formula is C18H29N7O4S. The van der Waals surface area contributed by atoms with E-state index in [2.05, 4.69) is 37.8 Å². The summed E-state index contributed by atoms with van der Waals surface area (Å²) in [6.07, 6.45) is 2.04. The van der Waals surface area contributed by atoms with Gasteiger partial charge in [0, 0.05) is 18.3 Å². The molecule has 0 aliphatic heterocycles. The Morgan fingerprint density at radius 3 is 2.50 bits per heavy atom. The number of carbonyl (C=O) groups is 1. The van der Waals surface area contributed by atoms with Gasteiger partial charge in [-0.25, -0.2) is 19.4 Å². The molecule has 30 heavy (non-hydrogen) atoms. The van der Waals surface area contributed by atoms with Crippen LogP contribution in [0.2, 0.25) is 0 Å². The standard InChI is InChI=1S/C15H22N6O2S.C3H7NO2/c1-2-7-24-15-17-13(16-8-3-4-8)11-14(18-15)21(20-19-11)9-5-6-10(22)12(9)23;1-2-4-3(5)6/h8-10,12,22-23H,2-7H2,1H3,(H,16,17,18);4H,2H2,1H3,(H,5,6)/t9-,10-,12+;/m1./s1. The van der Waals surface area contributed by atoms with Crippen LogP contribution in [-0.4, -0.2) is 76.9 Å². The van der Waals surface area contributed by atoms with Crippen molar-refractivity contribution in [3.05, 3.63) is 0 Å². The molecule has 4 rings (SSSR count). The van der Waals surface area contributed by atoms with Gasteiger partial charge in [0.15, 0.2) is 22.1 Å². The predicted molar refractivity (Wildman–Crippen MR) is 113 cm³/mol. The molecule has 2 aliphatic rings. The highest BCUT2D eigenvalue weighted by molar-refractivity contribution is 7.99. The van der Waals surface area contributed by atoms with E-state index in [1.807, 2.05) is 0 Å². The molecule has 0 aromatic carbocycles. The molecule has 11 nitrogen and oxygen atoms in total. The van der Waals surface area contributed by atoms with Crippen LogP contribution in [0.3, 0.4) is 0 Å². The lowest BCUT2D eigenvalue weighted by Gasteiger charge is -2.16. The van der Waals surface area contributed by atoms with E-state index in [4.69, 9.17) is 5.11 Å². The summed E-state index contributed by atoms with van der Waals surface area (Å²) in [5.41, 5.74) is 1.27. The number of amides is 1. The monoisotopic (exact) mass is 439 g/mol. The lowest BCUT2D eigenvalue weighted by molar-refractivity contribution is 0.0215. The molecule has 12 heteroatoms. The first-order chi connectivity index (χ1) is 14.4. The maximum absolute atomic E-state index is 10.2. The van der Waals surface area contributed by atoms with Crippen LogP contribution >= 0.6 is 11.8 Å². The molecule has 0 saturated heterocycles. The minimum atomic E-state index is -0.961. The summed E-state index contributed by atoms with van der Waals surface area (Å²) in [4.78, 5) is 18.7.